The summed E-state index contributed by atoms with van der Waals surface area (Å²) >= 11 is 0. The van der Waals surface area contributed by atoms with E-state index >= 15 is 0 Å². The van der Waals surface area contributed by atoms with Gasteiger partial charge in [-0.3, -0.25) is 9.59 Å². The summed E-state index contributed by atoms with van der Waals surface area (Å²) in [5.74, 6) is -0.227. The summed E-state index contributed by atoms with van der Waals surface area (Å²) in [5.41, 5.74) is 3.11. The number of hydrogen-bond donors (Lipinski definition) is 2. The maximum Gasteiger partial charge on any atom is 0.263 e. The van der Waals surface area contributed by atoms with Crippen LogP contribution >= 0.6 is 0 Å². The molecular formula is C19H24N4O2. The van der Waals surface area contributed by atoms with Crippen molar-refractivity contribution >= 4 is 17.5 Å². The molecule has 1 saturated heterocycles. The van der Waals surface area contributed by atoms with Crippen LogP contribution in [0.25, 0.3) is 0 Å². The molecule has 0 aliphatic carbocycles. The molecule has 0 atom stereocenters. The van der Waals surface area contributed by atoms with Gasteiger partial charge in [-0.15, -0.1) is 0 Å². The molecule has 132 valence electrons. The van der Waals surface area contributed by atoms with Crippen molar-refractivity contribution in [1.29, 1.82) is 5.26 Å². The van der Waals surface area contributed by atoms with Gasteiger partial charge in [0.15, 0.2) is 0 Å². The Kier molecular flexibility index (Phi) is 6.58. The van der Waals surface area contributed by atoms with E-state index in [2.05, 4.69) is 10.6 Å². The minimum atomic E-state index is -0.409. The fraction of sp³-hybridized carbons (Fsp3) is 0.421. The molecule has 0 spiro atoms. The van der Waals surface area contributed by atoms with Gasteiger partial charge in [0.05, 0.1) is 0 Å². The summed E-state index contributed by atoms with van der Waals surface area (Å²) in [7, 11) is 0. The molecule has 2 N–H and O–H groups in total. The lowest BCUT2D eigenvalue weighted by Crippen LogP contribution is -2.31. The summed E-state index contributed by atoms with van der Waals surface area (Å²) in [6, 6.07) is 7.75. The van der Waals surface area contributed by atoms with Crippen LogP contribution in [0, 0.1) is 25.2 Å². The van der Waals surface area contributed by atoms with Gasteiger partial charge in [-0.25, -0.2) is 0 Å². The number of anilines is 1. The van der Waals surface area contributed by atoms with Crippen LogP contribution in [0.4, 0.5) is 5.69 Å². The van der Waals surface area contributed by atoms with E-state index in [4.69, 9.17) is 0 Å². The van der Waals surface area contributed by atoms with Crippen molar-refractivity contribution in [2.75, 3.05) is 25.0 Å². The molecule has 0 saturated carbocycles. The largest absolute Gasteiger partial charge is 0.360 e. The number of hydrogen-bond acceptors (Lipinski definition) is 4. The Morgan fingerprint density at radius 2 is 2.20 bits per heavy atom. The van der Waals surface area contributed by atoms with Crippen LogP contribution in [0.3, 0.4) is 0 Å². The highest BCUT2D eigenvalue weighted by molar-refractivity contribution is 5.97. The van der Waals surface area contributed by atoms with Crippen LogP contribution < -0.4 is 10.6 Å². The average Bonchev–Trinajstić information content (AvgIpc) is 3.01. The van der Waals surface area contributed by atoms with E-state index in [9.17, 15) is 14.9 Å². The molecule has 1 aromatic carbocycles. The normalized spacial score (nSPS) is 14.4. The van der Waals surface area contributed by atoms with Crippen molar-refractivity contribution in [2.45, 2.75) is 33.1 Å². The van der Waals surface area contributed by atoms with E-state index in [1.165, 1.54) is 6.20 Å². The Hall–Kier alpha value is -2.81. The fourth-order valence-corrected chi connectivity index (χ4v) is 2.71. The predicted octanol–water partition coefficient (Wildman–Crippen LogP) is 2.25. The number of carbonyl (C=O) groups is 2. The molecule has 0 radical (unpaired) electrons. The van der Waals surface area contributed by atoms with Crippen molar-refractivity contribution in [3.63, 3.8) is 0 Å². The topological polar surface area (TPSA) is 85.2 Å². The van der Waals surface area contributed by atoms with Gasteiger partial charge in [-0.1, -0.05) is 12.1 Å². The highest BCUT2D eigenvalue weighted by Crippen LogP contribution is 2.18. The third-order valence-corrected chi connectivity index (χ3v) is 4.40. The number of carbonyl (C=O) groups excluding carboxylic acids is 2. The Bertz CT molecular complexity index is 719. The van der Waals surface area contributed by atoms with Crippen LogP contribution in [0.5, 0.6) is 0 Å². The minimum absolute atomic E-state index is 0.0261. The van der Waals surface area contributed by atoms with Gasteiger partial charge in [-0.05, 0) is 43.9 Å². The van der Waals surface area contributed by atoms with Crippen molar-refractivity contribution in [3.8, 4) is 6.07 Å². The number of likely N-dealkylation sites (tertiary alicyclic amines) is 1. The number of rotatable bonds is 7. The molecule has 1 aromatic rings. The average molecular weight is 340 g/mol. The van der Waals surface area contributed by atoms with E-state index in [1.54, 1.807) is 0 Å². The summed E-state index contributed by atoms with van der Waals surface area (Å²) < 4.78 is 0. The first-order valence-electron chi connectivity index (χ1n) is 8.52. The molecule has 0 unspecified atom stereocenters. The van der Waals surface area contributed by atoms with Gasteiger partial charge in [0.2, 0.25) is 5.91 Å². The molecule has 1 aliphatic rings. The van der Waals surface area contributed by atoms with E-state index in [0.717, 1.165) is 29.8 Å². The van der Waals surface area contributed by atoms with Crippen LogP contribution in [0.1, 0.15) is 30.4 Å². The highest BCUT2D eigenvalue weighted by atomic mass is 16.2. The molecular weight excluding hydrogens is 316 g/mol. The zero-order chi connectivity index (χ0) is 18.2. The van der Waals surface area contributed by atoms with Gasteiger partial charge < -0.3 is 15.5 Å². The van der Waals surface area contributed by atoms with E-state index in [0.29, 0.717) is 25.9 Å². The first kappa shape index (κ1) is 18.5. The van der Waals surface area contributed by atoms with E-state index < -0.39 is 5.91 Å². The molecule has 2 amide bonds. The van der Waals surface area contributed by atoms with Crippen molar-refractivity contribution in [3.05, 3.63) is 41.1 Å². The number of benzene rings is 1. The lowest BCUT2D eigenvalue weighted by atomic mass is 10.1. The minimum Gasteiger partial charge on any atom is -0.360 e. The number of nitrogens with zero attached hydrogens (tertiary/aromatic N) is 2. The molecule has 6 nitrogen and oxygen atoms in total. The Labute approximate surface area is 148 Å². The molecule has 0 aromatic heterocycles. The molecule has 1 fully saturated rings. The Morgan fingerprint density at radius 3 is 2.88 bits per heavy atom. The summed E-state index contributed by atoms with van der Waals surface area (Å²) in [5, 5.41) is 14.9. The number of nitriles is 1. The molecule has 25 heavy (non-hydrogen) atoms. The molecule has 1 heterocycles. The van der Waals surface area contributed by atoms with Crippen LogP contribution in [-0.4, -0.2) is 36.3 Å². The second-order valence-corrected chi connectivity index (χ2v) is 6.16. The zero-order valence-corrected chi connectivity index (χ0v) is 14.8. The SMILES string of the molecule is Cc1cccc(N/C=C(/C#N)C(=O)NCCCN2CCCC2=O)c1C. The standard InChI is InChI=1S/C19H24N4O2/c1-14-6-3-7-17(15(14)2)22-13-16(12-20)19(25)21-9-5-11-23-10-4-8-18(23)24/h3,6-7,13,22H,4-5,8-11H2,1-2H3,(H,21,25)/b16-13-. The molecule has 2 rings (SSSR count). The molecule has 6 heteroatoms. The first-order chi connectivity index (χ1) is 12.0. The maximum absolute atomic E-state index is 12.1. The summed E-state index contributed by atoms with van der Waals surface area (Å²) in [6.07, 6.45) is 3.65. The predicted molar refractivity (Wildman–Crippen MR) is 96.7 cm³/mol. The lowest BCUT2D eigenvalue weighted by molar-refractivity contribution is -0.127. The zero-order valence-electron chi connectivity index (χ0n) is 14.8. The monoisotopic (exact) mass is 340 g/mol. The second kappa shape index (κ2) is 8.88. The van der Waals surface area contributed by atoms with Crippen molar-refractivity contribution in [1.82, 2.24) is 10.2 Å². The van der Waals surface area contributed by atoms with Gasteiger partial charge in [0.1, 0.15) is 11.6 Å². The third-order valence-electron chi connectivity index (χ3n) is 4.40. The van der Waals surface area contributed by atoms with Crippen LogP contribution in [0.15, 0.2) is 30.0 Å². The molecule has 0 bridgehead atoms. The Balaban J connectivity index is 1.82. The van der Waals surface area contributed by atoms with Gasteiger partial charge in [-0.2, -0.15) is 5.26 Å². The van der Waals surface area contributed by atoms with Crippen LogP contribution in [0.2, 0.25) is 0 Å². The van der Waals surface area contributed by atoms with E-state index in [1.807, 2.05) is 43.0 Å². The first-order valence-corrected chi connectivity index (χ1v) is 8.52. The lowest BCUT2D eigenvalue weighted by Gasteiger charge is -2.15. The molecule has 1 aliphatic heterocycles. The number of nitrogens with one attached hydrogen (secondary N) is 2. The van der Waals surface area contributed by atoms with Crippen LogP contribution in [-0.2, 0) is 9.59 Å². The van der Waals surface area contributed by atoms with Crippen molar-refractivity contribution in [2.24, 2.45) is 0 Å². The second-order valence-electron chi connectivity index (χ2n) is 6.16. The smallest absolute Gasteiger partial charge is 0.263 e. The summed E-state index contributed by atoms with van der Waals surface area (Å²) in [4.78, 5) is 25.4. The van der Waals surface area contributed by atoms with E-state index in [-0.39, 0.29) is 11.5 Å². The van der Waals surface area contributed by atoms with Gasteiger partial charge in [0, 0.05) is 37.9 Å². The number of amides is 2. The van der Waals surface area contributed by atoms with Gasteiger partial charge in [0.25, 0.3) is 5.91 Å². The Morgan fingerprint density at radius 1 is 1.40 bits per heavy atom. The van der Waals surface area contributed by atoms with Crippen molar-refractivity contribution < 1.29 is 9.59 Å². The quantitative estimate of drug-likeness (QED) is 0.453. The highest BCUT2D eigenvalue weighted by Gasteiger charge is 2.19. The third kappa shape index (κ3) is 5.08. The fourth-order valence-electron chi connectivity index (χ4n) is 2.71. The summed E-state index contributed by atoms with van der Waals surface area (Å²) in [6.45, 7) is 5.87. The number of aryl methyl sites for hydroxylation is 1. The van der Waals surface area contributed by atoms with Gasteiger partial charge >= 0.3 is 0 Å². The maximum atomic E-state index is 12.1.